The van der Waals surface area contributed by atoms with Crippen LogP contribution < -0.4 is 0 Å². The van der Waals surface area contributed by atoms with Crippen molar-refractivity contribution >= 4 is 10.0 Å². The van der Waals surface area contributed by atoms with Crippen LogP contribution in [0.5, 0.6) is 0 Å². The highest BCUT2D eigenvalue weighted by molar-refractivity contribution is 7.89. The SMILES string of the molecule is Cc1cccc(S(=O)(=O)N2CCC(c3nnc(C)o3)CC2)c1. The van der Waals surface area contributed by atoms with E-state index in [1.165, 1.54) is 0 Å². The summed E-state index contributed by atoms with van der Waals surface area (Å²) in [6, 6.07) is 7.03. The smallest absolute Gasteiger partial charge is 0.243 e. The predicted molar refractivity (Wildman–Crippen MR) is 80.9 cm³/mol. The van der Waals surface area contributed by atoms with Crippen LogP contribution in [0.15, 0.2) is 33.6 Å². The lowest BCUT2D eigenvalue weighted by atomic mass is 9.98. The van der Waals surface area contributed by atoms with Crippen LogP contribution >= 0.6 is 0 Å². The lowest BCUT2D eigenvalue weighted by Crippen LogP contribution is -2.38. The fraction of sp³-hybridized carbons (Fsp3) is 0.467. The predicted octanol–water partition coefficient (Wildman–Crippen LogP) is 2.25. The number of aromatic nitrogens is 2. The van der Waals surface area contributed by atoms with Gasteiger partial charge in [-0.15, -0.1) is 10.2 Å². The average Bonchev–Trinajstić information content (AvgIpc) is 2.94. The molecule has 6 nitrogen and oxygen atoms in total. The van der Waals surface area contributed by atoms with Crippen molar-refractivity contribution in [1.82, 2.24) is 14.5 Å². The van der Waals surface area contributed by atoms with Crippen LogP contribution in [-0.2, 0) is 10.0 Å². The van der Waals surface area contributed by atoms with Gasteiger partial charge in [0.15, 0.2) is 0 Å². The van der Waals surface area contributed by atoms with E-state index in [-0.39, 0.29) is 5.92 Å². The largest absolute Gasteiger partial charge is 0.425 e. The molecule has 0 saturated carbocycles. The van der Waals surface area contributed by atoms with Crippen molar-refractivity contribution in [3.05, 3.63) is 41.6 Å². The van der Waals surface area contributed by atoms with Gasteiger partial charge >= 0.3 is 0 Å². The molecule has 0 N–H and O–H groups in total. The maximum atomic E-state index is 12.7. The van der Waals surface area contributed by atoms with Crippen LogP contribution in [0.4, 0.5) is 0 Å². The van der Waals surface area contributed by atoms with Gasteiger partial charge in [-0.2, -0.15) is 4.31 Å². The molecule has 7 heteroatoms. The Morgan fingerprint density at radius 1 is 1.18 bits per heavy atom. The Bertz CT molecular complexity index is 762. The highest BCUT2D eigenvalue weighted by atomic mass is 32.2. The lowest BCUT2D eigenvalue weighted by molar-refractivity contribution is 0.288. The van der Waals surface area contributed by atoms with Gasteiger partial charge in [0.2, 0.25) is 21.8 Å². The number of benzene rings is 1. The van der Waals surface area contributed by atoms with E-state index < -0.39 is 10.0 Å². The minimum Gasteiger partial charge on any atom is -0.425 e. The Kier molecular flexibility index (Phi) is 4.01. The average molecular weight is 321 g/mol. The van der Waals surface area contributed by atoms with E-state index in [0.29, 0.717) is 42.6 Å². The minimum absolute atomic E-state index is 0.144. The Balaban J connectivity index is 1.73. The molecule has 1 aromatic heterocycles. The summed E-state index contributed by atoms with van der Waals surface area (Å²) in [7, 11) is -3.42. The molecule has 0 bridgehead atoms. The van der Waals surface area contributed by atoms with Gasteiger partial charge in [-0.25, -0.2) is 8.42 Å². The molecule has 1 aliphatic heterocycles. The Hall–Kier alpha value is -1.73. The molecule has 0 radical (unpaired) electrons. The molecule has 1 aromatic carbocycles. The summed E-state index contributed by atoms with van der Waals surface area (Å²) in [6.07, 6.45) is 1.40. The molecular weight excluding hydrogens is 302 g/mol. The monoisotopic (exact) mass is 321 g/mol. The first-order valence-corrected chi connectivity index (χ1v) is 8.77. The second kappa shape index (κ2) is 5.81. The van der Waals surface area contributed by atoms with Gasteiger partial charge < -0.3 is 4.42 Å². The number of hydrogen-bond donors (Lipinski definition) is 0. The summed E-state index contributed by atoms with van der Waals surface area (Å²) in [5.74, 6) is 1.31. The summed E-state index contributed by atoms with van der Waals surface area (Å²) in [5, 5.41) is 7.88. The summed E-state index contributed by atoms with van der Waals surface area (Å²) in [4.78, 5) is 0.361. The molecule has 22 heavy (non-hydrogen) atoms. The Morgan fingerprint density at radius 3 is 2.50 bits per heavy atom. The lowest BCUT2D eigenvalue weighted by Gasteiger charge is -2.29. The number of hydrogen-bond acceptors (Lipinski definition) is 5. The van der Waals surface area contributed by atoms with Crippen molar-refractivity contribution in [2.24, 2.45) is 0 Å². The highest BCUT2D eigenvalue weighted by Crippen LogP contribution is 2.30. The molecule has 0 amide bonds. The first-order chi connectivity index (χ1) is 10.5. The van der Waals surface area contributed by atoms with Crippen LogP contribution in [0, 0.1) is 13.8 Å². The van der Waals surface area contributed by atoms with Crippen molar-refractivity contribution < 1.29 is 12.8 Å². The summed E-state index contributed by atoms with van der Waals surface area (Å²) in [6.45, 7) is 4.60. The summed E-state index contributed by atoms with van der Waals surface area (Å²) < 4.78 is 32.3. The molecule has 1 saturated heterocycles. The summed E-state index contributed by atoms with van der Waals surface area (Å²) in [5.41, 5.74) is 0.942. The summed E-state index contributed by atoms with van der Waals surface area (Å²) >= 11 is 0. The first-order valence-electron chi connectivity index (χ1n) is 7.33. The van der Waals surface area contributed by atoms with Gasteiger partial charge in [-0.3, -0.25) is 0 Å². The van der Waals surface area contributed by atoms with Crippen LogP contribution in [0.2, 0.25) is 0 Å². The van der Waals surface area contributed by atoms with Crippen LogP contribution in [0.3, 0.4) is 0 Å². The van der Waals surface area contributed by atoms with Crippen molar-refractivity contribution in [3.8, 4) is 0 Å². The maximum absolute atomic E-state index is 12.7. The van der Waals surface area contributed by atoms with Gasteiger partial charge in [0.05, 0.1) is 4.90 Å². The van der Waals surface area contributed by atoms with E-state index in [0.717, 1.165) is 5.56 Å². The molecule has 118 valence electrons. The topological polar surface area (TPSA) is 76.3 Å². The fourth-order valence-electron chi connectivity index (χ4n) is 2.74. The fourth-order valence-corrected chi connectivity index (χ4v) is 4.32. The number of aryl methyl sites for hydroxylation is 2. The van der Waals surface area contributed by atoms with Gasteiger partial charge in [-0.05, 0) is 37.5 Å². The van der Waals surface area contributed by atoms with E-state index in [1.807, 2.05) is 13.0 Å². The van der Waals surface area contributed by atoms with Crippen LogP contribution in [-0.4, -0.2) is 36.0 Å². The zero-order chi connectivity index (χ0) is 15.7. The van der Waals surface area contributed by atoms with Crippen molar-refractivity contribution in [2.75, 3.05) is 13.1 Å². The Morgan fingerprint density at radius 2 is 1.91 bits per heavy atom. The van der Waals surface area contributed by atoms with E-state index in [4.69, 9.17) is 4.42 Å². The van der Waals surface area contributed by atoms with Gasteiger partial charge in [0, 0.05) is 25.9 Å². The van der Waals surface area contributed by atoms with Crippen LogP contribution in [0.1, 0.15) is 36.1 Å². The zero-order valence-electron chi connectivity index (χ0n) is 12.7. The Labute approximate surface area is 130 Å². The van der Waals surface area contributed by atoms with Gasteiger partial charge in [-0.1, -0.05) is 12.1 Å². The second-order valence-corrected chi connectivity index (χ2v) is 7.59. The molecule has 3 rings (SSSR count). The maximum Gasteiger partial charge on any atom is 0.243 e. The van der Waals surface area contributed by atoms with E-state index in [9.17, 15) is 8.42 Å². The van der Waals surface area contributed by atoms with E-state index in [1.54, 1.807) is 29.4 Å². The van der Waals surface area contributed by atoms with Gasteiger partial charge in [0.1, 0.15) is 0 Å². The number of sulfonamides is 1. The van der Waals surface area contributed by atoms with Gasteiger partial charge in [0.25, 0.3) is 0 Å². The molecule has 2 heterocycles. The second-order valence-electron chi connectivity index (χ2n) is 5.65. The highest BCUT2D eigenvalue weighted by Gasteiger charge is 2.31. The van der Waals surface area contributed by atoms with E-state index in [2.05, 4.69) is 10.2 Å². The third-order valence-corrected chi connectivity index (χ3v) is 5.87. The number of rotatable bonds is 3. The molecular formula is C15H19N3O3S. The standard InChI is InChI=1S/C15H19N3O3S/c1-11-4-3-5-14(10-11)22(19,20)18-8-6-13(7-9-18)15-17-16-12(2)21-15/h3-5,10,13H,6-9H2,1-2H3. The molecule has 1 fully saturated rings. The molecule has 1 aliphatic rings. The van der Waals surface area contributed by atoms with E-state index >= 15 is 0 Å². The molecule has 0 aliphatic carbocycles. The van der Waals surface area contributed by atoms with Crippen molar-refractivity contribution in [3.63, 3.8) is 0 Å². The number of piperidine rings is 1. The number of nitrogens with zero attached hydrogens (tertiary/aromatic N) is 3. The first kappa shape index (κ1) is 15.2. The van der Waals surface area contributed by atoms with Crippen LogP contribution in [0.25, 0.3) is 0 Å². The quantitative estimate of drug-likeness (QED) is 0.866. The third kappa shape index (κ3) is 2.91. The minimum atomic E-state index is -3.42. The normalized spacial score (nSPS) is 17.7. The molecule has 0 atom stereocenters. The zero-order valence-corrected chi connectivity index (χ0v) is 13.5. The molecule has 0 unspecified atom stereocenters. The molecule has 0 spiro atoms. The molecule has 2 aromatic rings. The third-order valence-electron chi connectivity index (χ3n) is 3.97. The van der Waals surface area contributed by atoms with Crippen molar-refractivity contribution in [1.29, 1.82) is 0 Å². The van der Waals surface area contributed by atoms with Crippen molar-refractivity contribution in [2.45, 2.75) is 37.5 Å².